The molecule has 1 amide bonds. The SMILES string of the molecule is Cc1ccc(OC(F)F)c(NC(=O)c2ccn(Cn3cccn3)n2)c1. The molecule has 7 nitrogen and oxygen atoms in total. The van der Waals surface area contributed by atoms with Crippen LogP contribution in [0.15, 0.2) is 48.9 Å². The zero-order chi connectivity index (χ0) is 17.8. The molecular formula is C16H15F2N5O2. The van der Waals surface area contributed by atoms with Gasteiger partial charge < -0.3 is 10.1 Å². The summed E-state index contributed by atoms with van der Waals surface area (Å²) in [5.74, 6) is -0.631. The van der Waals surface area contributed by atoms with Crippen molar-refractivity contribution in [1.29, 1.82) is 0 Å². The molecule has 9 heteroatoms. The molecule has 0 radical (unpaired) electrons. The Hall–Kier alpha value is -3.23. The van der Waals surface area contributed by atoms with Crippen LogP contribution < -0.4 is 10.1 Å². The number of aryl methyl sites for hydroxylation is 1. The van der Waals surface area contributed by atoms with Crippen molar-refractivity contribution in [2.24, 2.45) is 0 Å². The molecule has 2 aromatic heterocycles. The van der Waals surface area contributed by atoms with Crippen molar-refractivity contribution in [2.45, 2.75) is 20.2 Å². The Morgan fingerprint density at radius 1 is 1.28 bits per heavy atom. The molecule has 0 aliphatic carbocycles. The van der Waals surface area contributed by atoms with Crippen LogP contribution in [0, 0.1) is 6.92 Å². The number of amides is 1. The topological polar surface area (TPSA) is 74.0 Å². The molecule has 0 saturated heterocycles. The van der Waals surface area contributed by atoms with Gasteiger partial charge in [-0.3, -0.25) is 14.2 Å². The maximum atomic E-state index is 12.5. The molecule has 2 heterocycles. The third kappa shape index (κ3) is 4.19. The smallest absolute Gasteiger partial charge is 0.387 e. The molecule has 1 aromatic carbocycles. The van der Waals surface area contributed by atoms with Gasteiger partial charge in [-0.05, 0) is 36.8 Å². The molecule has 0 spiro atoms. The summed E-state index contributed by atoms with van der Waals surface area (Å²) in [7, 11) is 0. The highest BCUT2D eigenvalue weighted by atomic mass is 19.3. The van der Waals surface area contributed by atoms with Crippen LogP contribution in [-0.4, -0.2) is 32.1 Å². The molecule has 130 valence electrons. The number of benzene rings is 1. The number of aromatic nitrogens is 4. The van der Waals surface area contributed by atoms with Gasteiger partial charge in [-0.2, -0.15) is 19.0 Å². The number of hydrogen-bond acceptors (Lipinski definition) is 4. The van der Waals surface area contributed by atoms with Crippen LogP contribution in [0.1, 0.15) is 16.1 Å². The fraction of sp³-hybridized carbons (Fsp3) is 0.188. The number of alkyl halides is 2. The standard InChI is InChI=1S/C16H15F2N5O2/c1-11-3-4-14(25-16(17)18)13(9-11)20-15(24)12-5-8-23(21-12)10-22-7-2-6-19-22/h2-9,16H,10H2,1H3,(H,20,24). The lowest BCUT2D eigenvalue weighted by atomic mass is 10.2. The fourth-order valence-electron chi connectivity index (χ4n) is 2.22. The van der Waals surface area contributed by atoms with Crippen LogP contribution in [0.3, 0.4) is 0 Å². The third-order valence-corrected chi connectivity index (χ3v) is 3.32. The average molecular weight is 347 g/mol. The minimum absolute atomic E-state index is 0.107. The Balaban J connectivity index is 1.74. The first-order chi connectivity index (χ1) is 12.0. The quantitative estimate of drug-likeness (QED) is 0.744. The Morgan fingerprint density at radius 3 is 2.84 bits per heavy atom. The lowest BCUT2D eigenvalue weighted by Crippen LogP contribution is -2.16. The van der Waals surface area contributed by atoms with Crippen LogP contribution in [0.5, 0.6) is 5.75 Å². The average Bonchev–Trinajstić information content (AvgIpc) is 3.22. The van der Waals surface area contributed by atoms with Crippen LogP contribution in [0.2, 0.25) is 0 Å². The van der Waals surface area contributed by atoms with E-state index in [9.17, 15) is 13.6 Å². The van der Waals surface area contributed by atoms with E-state index in [0.717, 1.165) is 5.56 Å². The molecule has 3 rings (SSSR count). The lowest BCUT2D eigenvalue weighted by molar-refractivity contribution is -0.0493. The first-order valence-corrected chi connectivity index (χ1v) is 7.39. The van der Waals surface area contributed by atoms with Crippen LogP contribution >= 0.6 is 0 Å². The van der Waals surface area contributed by atoms with Crippen LogP contribution in [0.4, 0.5) is 14.5 Å². The van der Waals surface area contributed by atoms with Gasteiger partial charge in [0, 0.05) is 18.6 Å². The highest BCUT2D eigenvalue weighted by Crippen LogP contribution is 2.27. The molecule has 25 heavy (non-hydrogen) atoms. The van der Waals surface area contributed by atoms with Gasteiger partial charge in [-0.25, -0.2) is 0 Å². The molecule has 0 bridgehead atoms. The fourth-order valence-corrected chi connectivity index (χ4v) is 2.22. The maximum absolute atomic E-state index is 12.5. The Kier molecular flexibility index (Phi) is 4.73. The molecular weight excluding hydrogens is 332 g/mol. The number of halogens is 2. The Bertz CT molecular complexity index is 861. The van der Waals surface area contributed by atoms with Gasteiger partial charge in [0.1, 0.15) is 12.4 Å². The van der Waals surface area contributed by atoms with Crippen molar-refractivity contribution in [3.05, 3.63) is 60.2 Å². The van der Waals surface area contributed by atoms with Crippen molar-refractivity contribution >= 4 is 11.6 Å². The van der Waals surface area contributed by atoms with Gasteiger partial charge in [-0.15, -0.1) is 0 Å². The number of rotatable bonds is 6. The van der Waals surface area contributed by atoms with E-state index in [1.54, 1.807) is 48.4 Å². The highest BCUT2D eigenvalue weighted by molar-refractivity contribution is 6.03. The largest absolute Gasteiger partial charge is 0.433 e. The number of anilines is 1. The van der Waals surface area contributed by atoms with Crippen molar-refractivity contribution in [2.75, 3.05) is 5.32 Å². The number of nitrogens with one attached hydrogen (secondary N) is 1. The highest BCUT2D eigenvalue weighted by Gasteiger charge is 2.15. The third-order valence-electron chi connectivity index (χ3n) is 3.32. The zero-order valence-electron chi connectivity index (χ0n) is 13.3. The summed E-state index contributed by atoms with van der Waals surface area (Å²) in [6, 6.07) is 7.86. The van der Waals surface area contributed by atoms with E-state index in [0.29, 0.717) is 6.67 Å². The van der Waals surface area contributed by atoms with Gasteiger partial charge >= 0.3 is 6.61 Å². The summed E-state index contributed by atoms with van der Waals surface area (Å²) in [6.07, 6.45) is 5.03. The molecule has 0 saturated carbocycles. The summed E-state index contributed by atoms with van der Waals surface area (Å²) in [5.41, 5.74) is 1.10. The number of carbonyl (C=O) groups excluding carboxylic acids is 1. The van der Waals surface area contributed by atoms with Gasteiger partial charge in [-0.1, -0.05) is 6.07 Å². The molecule has 1 N–H and O–H groups in total. The van der Waals surface area contributed by atoms with E-state index >= 15 is 0 Å². The van der Waals surface area contributed by atoms with E-state index in [2.05, 4.69) is 20.3 Å². The van der Waals surface area contributed by atoms with E-state index in [4.69, 9.17) is 0 Å². The molecule has 3 aromatic rings. The molecule has 0 unspecified atom stereocenters. The molecule has 0 aliphatic rings. The second-order valence-corrected chi connectivity index (χ2v) is 5.26. The van der Waals surface area contributed by atoms with Gasteiger partial charge in [0.15, 0.2) is 5.69 Å². The normalized spacial score (nSPS) is 10.9. The summed E-state index contributed by atoms with van der Waals surface area (Å²) >= 11 is 0. The van der Waals surface area contributed by atoms with E-state index < -0.39 is 12.5 Å². The number of ether oxygens (including phenoxy) is 1. The number of nitrogens with zero attached hydrogens (tertiary/aromatic N) is 4. The summed E-state index contributed by atoms with van der Waals surface area (Å²) in [4.78, 5) is 12.3. The second kappa shape index (κ2) is 7.12. The first-order valence-electron chi connectivity index (χ1n) is 7.39. The first kappa shape index (κ1) is 16.6. The Labute approximate surface area is 141 Å². The molecule has 0 atom stereocenters. The van der Waals surface area contributed by atoms with E-state index in [-0.39, 0.29) is 17.1 Å². The van der Waals surface area contributed by atoms with Gasteiger partial charge in [0.05, 0.1) is 5.69 Å². The van der Waals surface area contributed by atoms with E-state index in [1.165, 1.54) is 16.8 Å². The number of hydrogen-bond donors (Lipinski definition) is 1. The second-order valence-electron chi connectivity index (χ2n) is 5.26. The van der Waals surface area contributed by atoms with Crippen molar-refractivity contribution in [3.63, 3.8) is 0 Å². The molecule has 0 fully saturated rings. The minimum atomic E-state index is -2.98. The maximum Gasteiger partial charge on any atom is 0.387 e. The summed E-state index contributed by atoms with van der Waals surface area (Å²) in [5, 5.41) is 10.7. The van der Waals surface area contributed by atoms with E-state index in [1.807, 2.05) is 0 Å². The lowest BCUT2D eigenvalue weighted by Gasteiger charge is -2.12. The van der Waals surface area contributed by atoms with Gasteiger partial charge in [0.2, 0.25) is 0 Å². The monoisotopic (exact) mass is 347 g/mol. The Morgan fingerprint density at radius 2 is 2.12 bits per heavy atom. The van der Waals surface area contributed by atoms with Gasteiger partial charge in [0.25, 0.3) is 5.91 Å². The van der Waals surface area contributed by atoms with Crippen molar-refractivity contribution in [1.82, 2.24) is 19.6 Å². The summed E-state index contributed by atoms with van der Waals surface area (Å²) < 4.78 is 32.6. The molecule has 0 aliphatic heterocycles. The van der Waals surface area contributed by atoms with Crippen molar-refractivity contribution < 1.29 is 18.3 Å². The van der Waals surface area contributed by atoms with Crippen molar-refractivity contribution in [3.8, 4) is 5.75 Å². The van der Waals surface area contributed by atoms with Crippen LogP contribution in [-0.2, 0) is 6.67 Å². The summed E-state index contributed by atoms with van der Waals surface area (Å²) in [6.45, 7) is -0.850. The zero-order valence-corrected chi connectivity index (χ0v) is 13.3. The predicted octanol–water partition coefficient (Wildman–Crippen LogP) is 2.75. The van der Waals surface area contributed by atoms with Crippen LogP contribution in [0.25, 0.3) is 0 Å². The number of carbonyl (C=O) groups is 1. The minimum Gasteiger partial charge on any atom is -0.433 e. The predicted molar refractivity (Wildman–Crippen MR) is 85.6 cm³/mol.